The summed E-state index contributed by atoms with van der Waals surface area (Å²) in [6.45, 7) is 3.87. The molecule has 5 rings (SSSR count). The van der Waals surface area contributed by atoms with Gasteiger partial charge in [0, 0.05) is 66.9 Å². The number of amides is 2. The number of nitrogens with one attached hydrogen (secondary N) is 4. The molecule has 0 radical (unpaired) electrons. The molecule has 0 spiro atoms. The molecule has 1 aromatic carbocycles. The van der Waals surface area contributed by atoms with Gasteiger partial charge >= 0.3 is 0 Å². The van der Waals surface area contributed by atoms with E-state index >= 15 is 0 Å². The molecule has 1 atom stereocenters. The Morgan fingerprint density at radius 1 is 1.09 bits per heavy atom. The number of halogens is 2. The van der Waals surface area contributed by atoms with Gasteiger partial charge in [-0.15, -0.1) is 0 Å². The van der Waals surface area contributed by atoms with E-state index in [1.54, 1.807) is 31.6 Å². The van der Waals surface area contributed by atoms with E-state index in [9.17, 15) is 14.0 Å². The summed E-state index contributed by atoms with van der Waals surface area (Å²) < 4.78 is 17.9. The first-order valence-corrected chi connectivity index (χ1v) is 15.6. The summed E-state index contributed by atoms with van der Waals surface area (Å²) in [4.78, 5) is 38.1. The van der Waals surface area contributed by atoms with Gasteiger partial charge in [0.25, 0.3) is 5.91 Å². The van der Waals surface area contributed by atoms with Crippen molar-refractivity contribution in [3.05, 3.63) is 88.3 Å². The van der Waals surface area contributed by atoms with Gasteiger partial charge in [0.1, 0.15) is 5.69 Å². The first-order valence-electron chi connectivity index (χ1n) is 15.2. The number of anilines is 1. The van der Waals surface area contributed by atoms with E-state index in [1.807, 2.05) is 43.3 Å². The third kappa shape index (κ3) is 8.03. The number of carbonyl (C=O) groups is 2. The maximum Gasteiger partial charge on any atom is 0.274 e. The van der Waals surface area contributed by atoms with Crippen molar-refractivity contribution >= 4 is 29.1 Å². The van der Waals surface area contributed by atoms with Crippen LogP contribution in [0.2, 0.25) is 5.02 Å². The molecule has 0 bridgehead atoms. The molecule has 0 unspecified atom stereocenters. The smallest absolute Gasteiger partial charge is 0.274 e. The van der Waals surface area contributed by atoms with Gasteiger partial charge in [0.2, 0.25) is 11.8 Å². The van der Waals surface area contributed by atoms with Crippen LogP contribution in [-0.2, 0) is 17.9 Å². The average molecular weight is 646 g/mol. The number of benzene rings is 1. The zero-order valence-electron chi connectivity index (χ0n) is 25.8. The summed E-state index contributed by atoms with van der Waals surface area (Å²) in [5.74, 6) is 0.223. The lowest BCUT2D eigenvalue weighted by molar-refractivity contribution is -0.119. The average Bonchev–Trinajstić information content (AvgIpc) is 3.49. The van der Waals surface area contributed by atoms with E-state index in [-0.39, 0.29) is 30.2 Å². The van der Waals surface area contributed by atoms with Crippen molar-refractivity contribution < 1.29 is 18.7 Å². The summed E-state index contributed by atoms with van der Waals surface area (Å²) in [5, 5.41) is 12.8. The number of nitrogens with zero attached hydrogens (tertiary/aromatic N) is 3. The van der Waals surface area contributed by atoms with Crippen molar-refractivity contribution in [1.29, 1.82) is 0 Å². The van der Waals surface area contributed by atoms with Gasteiger partial charge in [-0.25, -0.2) is 4.98 Å². The lowest BCUT2D eigenvalue weighted by Crippen LogP contribution is -2.35. The van der Waals surface area contributed by atoms with E-state index in [4.69, 9.17) is 21.3 Å². The molecular weight excluding hydrogens is 609 g/mol. The first kappa shape index (κ1) is 32.9. The quantitative estimate of drug-likeness (QED) is 0.137. The third-order valence-electron chi connectivity index (χ3n) is 7.80. The Morgan fingerprint density at radius 3 is 2.70 bits per heavy atom. The standard InChI is InChI=1S/C34H37ClFN7O3/c1-21-25(5-3-6-27(21)42-33(45)29-10-7-22(18-40-29)17-37-15-4-14-36)32-31(35)26(13-16-39-32)28-11-8-23(34(43-28)46-2)19-38-20-24-9-12-30(44)41-24/h3,5-8,10-11,13,16,18,24,37-38H,4,9,12,14-15,17,19-20H2,1-2H3,(H,41,44)(H,42,45)/t24-/m0/s1. The van der Waals surface area contributed by atoms with Crippen molar-refractivity contribution in [2.24, 2.45) is 0 Å². The summed E-state index contributed by atoms with van der Waals surface area (Å²) in [7, 11) is 1.58. The number of aromatic nitrogens is 3. The Morgan fingerprint density at radius 2 is 1.96 bits per heavy atom. The summed E-state index contributed by atoms with van der Waals surface area (Å²) in [6, 6.07) is 14.8. The molecule has 46 heavy (non-hydrogen) atoms. The zero-order valence-corrected chi connectivity index (χ0v) is 26.6. The molecule has 1 saturated heterocycles. The molecule has 3 aromatic heterocycles. The van der Waals surface area contributed by atoms with Crippen molar-refractivity contribution in [2.45, 2.75) is 45.3 Å². The van der Waals surface area contributed by atoms with Crippen LogP contribution in [0.1, 0.15) is 46.4 Å². The van der Waals surface area contributed by atoms with Gasteiger partial charge in [0.15, 0.2) is 0 Å². The molecule has 0 aliphatic carbocycles. The fraction of sp³-hybridized carbons (Fsp3) is 0.324. The maximum atomic E-state index is 13.1. The highest BCUT2D eigenvalue weighted by Gasteiger charge is 2.21. The predicted octanol–water partition coefficient (Wildman–Crippen LogP) is 5.25. The summed E-state index contributed by atoms with van der Waals surface area (Å²) >= 11 is 6.96. The van der Waals surface area contributed by atoms with Gasteiger partial charge in [-0.3, -0.25) is 23.9 Å². The molecule has 2 amide bonds. The molecule has 240 valence electrons. The molecule has 1 aliphatic rings. The molecule has 4 heterocycles. The van der Waals surface area contributed by atoms with Gasteiger partial charge in [-0.1, -0.05) is 35.9 Å². The van der Waals surface area contributed by atoms with Crippen LogP contribution < -0.4 is 26.0 Å². The van der Waals surface area contributed by atoms with Gasteiger partial charge in [0.05, 0.1) is 30.2 Å². The van der Waals surface area contributed by atoms with Crippen LogP contribution in [-0.4, -0.2) is 59.7 Å². The Bertz CT molecular complexity index is 1690. The second-order valence-corrected chi connectivity index (χ2v) is 11.4. The van der Waals surface area contributed by atoms with Crippen LogP contribution in [0.4, 0.5) is 10.1 Å². The van der Waals surface area contributed by atoms with Crippen molar-refractivity contribution in [3.63, 3.8) is 0 Å². The minimum absolute atomic E-state index is 0.0896. The molecule has 1 aliphatic heterocycles. The Labute approximate surface area is 272 Å². The zero-order chi connectivity index (χ0) is 32.5. The second kappa shape index (κ2) is 15.7. The molecule has 0 saturated carbocycles. The Balaban J connectivity index is 1.30. The van der Waals surface area contributed by atoms with Gasteiger partial charge in [-0.05, 0) is 61.7 Å². The molecule has 4 aromatic rings. The summed E-state index contributed by atoms with van der Waals surface area (Å²) in [5.41, 5.74) is 6.11. The van der Waals surface area contributed by atoms with Crippen molar-refractivity contribution in [1.82, 2.24) is 30.9 Å². The van der Waals surface area contributed by atoms with Crippen LogP contribution in [0, 0.1) is 6.92 Å². The largest absolute Gasteiger partial charge is 0.481 e. The molecule has 12 heteroatoms. The minimum Gasteiger partial charge on any atom is -0.481 e. The van der Waals surface area contributed by atoms with E-state index in [0.29, 0.717) is 72.6 Å². The third-order valence-corrected chi connectivity index (χ3v) is 8.18. The van der Waals surface area contributed by atoms with Crippen LogP contribution in [0.15, 0.2) is 60.9 Å². The SMILES string of the molecule is COc1nc(-c2ccnc(-c3cccc(NC(=O)c4ccc(CNCCCF)cn4)c3C)c2Cl)ccc1CNC[C@@H]1CCC(=O)N1. The lowest BCUT2D eigenvalue weighted by atomic mass is 10.0. The van der Waals surface area contributed by atoms with E-state index in [0.717, 1.165) is 28.7 Å². The number of carbonyl (C=O) groups excluding carboxylic acids is 2. The predicted molar refractivity (Wildman–Crippen MR) is 177 cm³/mol. The summed E-state index contributed by atoms with van der Waals surface area (Å²) in [6.07, 6.45) is 5.16. The maximum absolute atomic E-state index is 13.1. The first-order chi connectivity index (χ1) is 22.4. The van der Waals surface area contributed by atoms with Gasteiger partial charge in [-0.2, -0.15) is 0 Å². The fourth-order valence-corrected chi connectivity index (χ4v) is 5.58. The monoisotopic (exact) mass is 645 g/mol. The highest BCUT2D eigenvalue weighted by atomic mass is 35.5. The van der Waals surface area contributed by atoms with Crippen molar-refractivity contribution in [2.75, 3.05) is 32.2 Å². The fourth-order valence-electron chi connectivity index (χ4n) is 5.27. The normalized spacial score (nSPS) is 14.3. The number of alkyl halides is 1. The van der Waals surface area contributed by atoms with Gasteiger partial charge < -0.3 is 26.0 Å². The minimum atomic E-state index is -0.359. The highest BCUT2D eigenvalue weighted by Crippen LogP contribution is 2.38. The van der Waals surface area contributed by atoms with Crippen LogP contribution in [0.3, 0.4) is 0 Å². The molecule has 4 N–H and O–H groups in total. The van der Waals surface area contributed by atoms with E-state index < -0.39 is 0 Å². The second-order valence-electron chi connectivity index (χ2n) is 11.0. The molecule has 10 nitrogen and oxygen atoms in total. The van der Waals surface area contributed by atoms with Crippen LogP contribution in [0.5, 0.6) is 5.88 Å². The number of rotatable bonds is 14. The molecular formula is C34H37ClFN7O3. The number of hydrogen-bond donors (Lipinski definition) is 4. The van der Waals surface area contributed by atoms with E-state index in [1.165, 1.54) is 0 Å². The van der Waals surface area contributed by atoms with Crippen LogP contribution >= 0.6 is 11.6 Å². The molecule has 1 fully saturated rings. The number of hydrogen-bond acceptors (Lipinski definition) is 8. The number of pyridine rings is 3. The Hall–Kier alpha value is -4.45. The van der Waals surface area contributed by atoms with Crippen LogP contribution in [0.25, 0.3) is 22.5 Å². The Kier molecular flexibility index (Phi) is 11.2. The highest BCUT2D eigenvalue weighted by molar-refractivity contribution is 6.35. The number of ether oxygens (including phenoxy) is 1. The van der Waals surface area contributed by atoms with Crippen molar-refractivity contribution in [3.8, 4) is 28.4 Å². The number of methoxy groups -OCH3 is 1. The lowest BCUT2D eigenvalue weighted by Gasteiger charge is -2.16. The van der Waals surface area contributed by atoms with E-state index in [2.05, 4.69) is 31.2 Å². The topological polar surface area (TPSA) is 130 Å².